The Hall–Kier alpha value is -1.22. The molecule has 0 amide bonds. The smallest absolute Gasteiger partial charge is 0.744 e. The van der Waals surface area contributed by atoms with Crippen molar-refractivity contribution in [2.24, 2.45) is 0 Å². The molecule has 0 unspecified atom stereocenters. The third kappa shape index (κ3) is 12.5. The molecule has 1 radical (unpaired) electrons. The zero-order valence-electron chi connectivity index (χ0n) is 16.3. The number of hydrogen-bond donors (Lipinski definition) is 0. The Morgan fingerprint density at radius 1 is 0.412 bits per heavy atom. The molecule has 3 aromatic carbocycles. The maximum absolute atomic E-state index is 10.3. The molecule has 0 bridgehead atoms. The normalized spacial score (nSPS) is 11.1. The maximum Gasteiger partial charge on any atom is 3.00 e. The summed E-state index contributed by atoms with van der Waals surface area (Å²) >= 11 is 16.4. The molecule has 0 N–H and O–H groups in total. The summed E-state index contributed by atoms with van der Waals surface area (Å²) in [7, 11) is -13.0. The van der Waals surface area contributed by atoms with Gasteiger partial charge in [-0.2, -0.15) is 0 Å². The van der Waals surface area contributed by atoms with E-state index in [4.69, 9.17) is 34.8 Å². The number of benzene rings is 3. The summed E-state index contributed by atoms with van der Waals surface area (Å²) in [6.07, 6.45) is 0. The van der Waals surface area contributed by atoms with Gasteiger partial charge in [0.25, 0.3) is 0 Å². The minimum absolute atomic E-state index is 0. The van der Waals surface area contributed by atoms with Gasteiger partial charge in [0, 0.05) is 15.1 Å². The molecule has 185 valence electrons. The summed E-state index contributed by atoms with van der Waals surface area (Å²) in [5.41, 5.74) is 0. The van der Waals surface area contributed by atoms with Gasteiger partial charge in [0.15, 0.2) is 0 Å². The molecule has 34 heavy (non-hydrogen) atoms. The molecule has 0 atom stereocenters. The van der Waals surface area contributed by atoms with Crippen LogP contribution in [0.4, 0.5) is 0 Å². The van der Waals surface area contributed by atoms with E-state index in [-0.39, 0.29) is 31.8 Å². The van der Waals surface area contributed by atoms with Crippen LogP contribution >= 0.6 is 34.8 Å². The van der Waals surface area contributed by atoms with Gasteiger partial charge in [0.1, 0.15) is 30.4 Å². The van der Waals surface area contributed by atoms with E-state index in [2.05, 4.69) is 0 Å². The minimum Gasteiger partial charge on any atom is -0.744 e. The summed E-state index contributed by atoms with van der Waals surface area (Å²) in [5, 5.41) is 1.20. The van der Waals surface area contributed by atoms with Crippen molar-refractivity contribution in [3.63, 3.8) is 0 Å². The molecule has 3 aromatic rings. The van der Waals surface area contributed by atoms with Crippen LogP contribution in [-0.2, 0) is 47.4 Å². The first kappa shape index (κ1) is 32.8. The molecule has 3 rings (SSSR count). The van der Waals surface area contributed by atoms with Crippen molar-refractivity contribution in [2.75, 3.05) is 0 Å². The van der Waals surface area contributed by atoms with Crippen LogP contribution in [0.5, 0.6) is 0 Å². The molecule has 9 nitrogen and oxygen atoms in total. The van der Waals surface area contributed by atoms with Crippen LogP contribution in [0.2, 0.25) is 15.1 Å². The summed E-state index contributed by atoms with van der Waals surface area (Å²) in [6, 6.07) is 15.1. The van der Waals surface area contributed by atoms with Crippen molar-refractivity contribution in [1.82, 2.24) is 0 Å². The van der Waals surface area contributed by atoms with Crippen molar-refractivity contribution in [3.05, 3.63) is 87.9 Å². The molecule has 0 saturated carbocycles. The van der Waals surface area contributed by atoms with Crippen LogP contribution in [0.25, 0.3) is 0 Å². The molecule has 0 saturated heterocycles. The average molecular weight is 631 g/mol. The monoisotopic (exact) mass is 629 g/mol. The molecule has 0 heterocycles. The maximum atomic E-state index is 10.3. The molecule has 0 aliphatic rings. The van der Waals surface area contributed by atoms with Gasteiger partial charge in [-0.15, -0.1) is 0 Å². The Bertz CT molecular complexity index is 1200. The predicted molar refractivity (Wildman–Crippen MR) is 118 cm³/mol. The second-order valence-corrected chi connectivity index (χ2v) is 11.2. The first-order valence-electron chi connectivity index (χ1n) is 8.14. The van der Waals surface area contributed by atoms with Gasteiger partial charge in [-0.3, -0.25) is 0 Å². The number of halogens is 3. The Kier molecular flexibility index (Phi) is 13.3. The van der Waals surface area contributed by atoms with E-state index in [9.17, 15) is 38.9 Å². The summed E-state index contributed by atoms with van der Waals surface area (Å²) in [6.45, 7) is 0. The van der Waals surface area contributed by atoms with Crippen molar-refractivity contribution in [2.45, 2.75) is 14.7 Å². The fourth-order valence-electron chi connectivity index (χ4n) is 1.80. The van der Waals surface area contributed by atoms with Crippen LogP contribution in [0.15, 0.2) is 87.5 Å². The molecule has 0 aliphatic heterocycles. The summed E-state index contributed by atoms with van der Waals surface area (Å²) < 4.78 is 93.1. The fraction of sp³-hybridized carbons (Fsp3) is 0. The zero-order chi connectivity index (χ0) is 25.4. The topological polar surface area (TPSA) is 172 Å². The van der Waals surface area contributed by atoms with Gasteiger partial charge >= 0.3 is 17.1 Å². The fourth-order valence-corrected chi connectivity index (χ4v) is 3.59. The quantitative estimate of drug-likeness (QED) is 0.309. The SMILES string of the molecule is O=S(=O)([O-])c1ccc(Cl)cc1.O=S(=O)([O-])c1ccc(Cl)cc1.O=S(=O)([O-])c1ccc(Cl)cc1.[Fe+3]. The van der Waals surface area contributed by atoms with Crippen molar-refractivity contribution < 1.29 is 56.0 Å². The van der Waals surface area contributed by atoms with Crippen molar-refractivity contribution >= 4 is 65.2 Å². The van der Waals surface area contributed by atoms with E-state index >= 15 is 0 Å². The van der Waals surface area contributed by atoms with E-state index in [1.54, 1.807) is 0 Å². The Morgan fingerprint density at radius 3 is 0.676 bits per heavy atom. The Labute approximate surface area is 222 Å². The first-order valence-corrected chi connectivity index (χ1v) is 13.5. The number of rotatable bonds is 3. The Balaban J connectivity index is 0.000000473. The molecular formula is C18H12Cl3FeO9S3. The van der Waals surface area contributed by atoms with Crippen molar-refractivity contribution in [1.29, 1.82) is 0 Å². The van der Waals surface area contributed by atoms with Gasteiger partial charge in [0.2, 0.25) is 0 Å². The van der Waals surface area contributed by atoms with Crippen LogP contribution in [-0.4, -0.2) is 38.9 Å². The average Bonchev–Trinajstić information content (AvgIpc) is 2.68. The van der Waals surface area contributed by atoms with E-state index in [0.29, 0.717) is 15.1 Å². The molecule has 0 fully saturated rings. The molecule has 0 aromatic heterocycles. The van der Waals surface area contributed by atoms with Gasteiger partial charge in [-0.1, -0.05) is 34.8 Å². The second kappa shape index (κ2) is 13.8. The standard InChI is InChI=1S/3C6H5ClO3S.Fe/c3*7-5-1-3-6(4-2-5)11(8,9)10;/h3*1-4H,(H,8,9,10);/q;;;+3/p-3. The largest absolute Gasteiger partial charge is 3.00 e. The predicted octanol–water partition coefficient (Wildman–Crippen LogP) is 3.73. The first-order chi connectivity index (χ1) is 15.0. The van der Waals surface area contributed by atoms with Gasteiger partial charge < -0.3 is 13.7 Å². The molecule has 16 heteroatoms. The minimum atomic E-state index is -4.33. The van der Waals surface area contributed by atoms with Crippen LogP contribution in [0.1, 0.15) is 0 Å². The van der Waals surface area contributed by atoms with Crippen molar-refractivity contribution in [3.8, 4) is 0 Å². The van der Waals surface area contributed by atoms with Gasteiger partial charge in [-0.25, -0.2) is 25.3 Å². The van der Waals surface area contributed by atoms with Crippen LogP contribution < -0.4 is 0 Å². The third-order valence-corrected chi connectivity index (χ3v) is 6.61. The summed E-state index contributed by atoms with van der Waals surface area (Å²) in [5.74, 6) is 0. The van der Waals surface area contributed by atoms with E-state index in [1.807, 2.05) is 0 Å². The molecule has 0 aliphatic carbocycles. The molecule has 0 spiro atoms. The van der Waals surface area contributed by atoms with Gasteiger partial charge in [0.05, 0.1) is 14.7 Å². The second-order valence-electron chi connectivity index (χ2n) is 5.72. The van der Waals surface area contributed by atoms with E-state index < -0.39 is 30.4 Å². The third-order valence-electron chi connectivity index (χ3n) is 3.31. The summed E-state index contributed by atoms with van der Waals surface area (Å²) in [4.78, 5) is -0.786. The van der Waals surface area contributed by atoms with Crippen LogP contribution in [0, 0.1) is 0 Å². The number of hydrogen-bond acceptors (Lipinski definition) is 9. The van der Waals surface area contributed by atoms with E-state index in [0.717, 1.165) is 0 Å². The molecular weight excluding hydrogens is 619 g/mol. The van der Waals surface area contributed by atoms with E-state index in [1.165, 1.54) is 72.8 Å². The van der Waals surface area contributed by atoms with Crippen LogP contribution in [0.3, 0.4) is 0 Å². The zero-order valence-corrected chi connectivity index (χ0v) is 22.1. The Morgan fingerprint density at radius 2 is 0.559 bits per heavy atom. The van der Waals surface area contributed by atoms with Gasteiger partial charge in [-0.05, 0) is 72.8 Å².